The van der Waals surface area contributed by atoms with Crippen LogP contribution in [0.4, 0.5) is 23.1 Å². The summed E-state index contributed by atoms with van der Waals surface area (Å²) in [7, 11) is 0. The number of hydrogen-bond acceptors (Lipinski definition) is 7. The van der Waals surface area contributed by atoms with Crippen molar-refractivity contribution >= 4 is 23.1 Å². The largest absolute Gasteiger partial charge is 0.362 e. The molecule has 0 aromatic carbocycles. The number of anilines is 3. The van der Waals surface area contributed by atoms with Gasteiger partial charge in [-0.25, -0.2) is 15.0 Å². The maximum absolute atomic E-state index is 11.3. The van der Waals surface area contributed by atoms with E-state index in [9.17, 15) is 10.1 Å². The summed E-state index contributed by atoms with van der Waals surface area (Å²) in [5.41, 5.74) is 0.791. The Labute approximate surface area is 121 Å². The first-order valence-electron chi connectivity index (χ1n) is 6.43. The van der Waals surface area contributed by atoms with Gasteiger partial charge in [-0.1, -0.05) is 0 Å². The van der Waals surface area contributed by atoms with Crippen LogP contribution in [-0.2, 0) is 0 Å². The summed E-state index contributed by atoms with van der Waals surface area (Å²) < 4.78 is 0. The molecule has 110 valence electrons. The van der Waals surface area contributed by atoms with Gasteiger partial charge >= 0.3 is 5.69 Å². The van der Waals surface area contributed by atoms with Crippen LogP contribution in [0.2, 0.25) is 0 Å². The fraction of sp³-hybridized carbons (Fsp3) is 0.308. The smallest absolute Gasteiger partial charge is 0.353 e. The van der Waals surface area contributed by atoms with Crippen LogP contribution in [-0.4, -0.2) is 25.9 Å². The molecule has 0 radical (unpaired) electrons. The molecule has 8 heteroatoms. The first kappa shape index (κ1) is 14.6. The second-order valence-corrected chi connectivity index (χ2v) is 4.82. The molecule has 0 bridgehead atoms. The predicted octanol–water partition coefficient (Wildman–Crippen LogP) is 2.65. The topological polar surface area (TPSA) is 106 Å². The van der Waals surface area contributed by atoms with Crippen molar-refractivity contribution in [3.05, 3.63) is 40.3 Å². The Bertz CT molecular complexity index is 659. The van der Waals surface area contributed by atoms with Crippen LogP contribution in [0, 0.1) is 17.0 Å². The Kier molecular flexibility index (Phi) is 4.27. The molecule has 2 aromatic rings. The summed E-state index contributed by atoms with van der Waals surface area (Å²) in [6.45, 7) is 5.66. The summed E-state index contributed by atoms with van der Waals surface area (Å²) in [5.74, 6) is 0.781. The zero-order valence-corrected chi connectivity index (χ0v) is 12.0. The fourth-order valence-corrected chi connectivity index (χ4v) is 1.75. The first-order valence-corrected chi connectivity index (χ1v) is 6.43. The third kappa shape index (κ3) is 3.62. The predicted molar refractivity (Wildman–Crippen MR) is 79.7 cm³/mol. The van der Waals surface area contributed by atoms with Gasteiger partial charge in [0.05, 0.1) is 4.92 Å². The van der Waals surface area contributed by atoms with Crippen LogP contribution in [0.25, 0.3) is 0 Å². The minimum absolute atomic E-state index is 0.0172. The quantitative estimate of drug-likeness (QED) is 0.643. The second-order valence-electron chi connectivity index (χ2n) is 4.82. The standard InChI is InChI=1S/C13H16N6O2/c1-8(2)17-12-11(19(20)21)13(16-7-15-12)18-10-6-9(3)4-5-14-10/h4-8H,1-3H3,(H2,14,15,16,17,18). The van der Waals surface area contributed by atoms with E-state index in [0.717, 1.165) is 5.56 Å². The SMILES string of the molecule is Cc1ccnc(Nc2ncnc(NC(C)C)c2[N+](=O)[O-])c1. The van der Waals surface area contributed by atoms with Crippen molar-refractivity contribution < 1.29 is 4.92 Å². The highest BCUT2D eigenvalue weighted by Gasteiger charge is 2.23. The van der Waals surface area contributed by atoms with Crippen molar-refractivity contribution in [2.75, 3.05) is 10.6 Å². The molecular formula is C13H16N6O2. The summed E-state index contributed by atoms with van der Waals surface area (Å²) >= 11 is 0. The van der Waals surface area contributed by atoms with Crippen molar-refractivity contribution in [1.82, 2.24) is 15.0 Å². The van der Waals surface area contributed by atoms with E-state index in [0.29, 0.717) is 5.82 Å². The Morgan fingerprint density at radius 2 is 1.95 bits per heavy atom. The fourth-order valence-electron chi connectivity index (χ4n) is 1.75. The highest BCUT2D eigenvalue weighted by molar-refractivity contribution is 5.72. The normalized spacial score (nSPS) is 10.5. The van der Waals surface area contributed by atoms with Gasteiger partial charge in [-0.05, 0) is 38.5 Å². The Balaban J connectivity index is 2.41. The van der Waals surface area contributed by atoms with E-state index in [2.05, 4.69) is 25.6 Å². The van der Waals surface area contributed by atoms with Crippen molar-refractivity contribution in [2.45, 2.75) is 26.8 Å². The van der Waals surface area contributed by atoms with E-state index in [-0.39, 0.29) is 23.4 Å². The molecule has 2 rings (SSSR count). The lowest BCUT2D eigenvalue weighted by atomic mass is 10.3. The molecular weight excluding hydrogens is 272 g/mol. The second kappa shape index (κ2) is 6.12. The number of aromatic nitrogens is 3. The highest BCUT2D eigenvalue weighted by atomic mass is 16.6. The number of rotatable bonds is 5. The molecule has 0 aliphatic rings. The Hall–Kier alpha value is -2.77. The Morgan fingerprint density at radius 1 is 1.24 bits per heavy atom. The number of nitrogens with zero attached hydrogens (tertiary/aromatic N) is 4. The lowest BCUT2D eigenvalue weighted by Gasteiger charge is -2.11. The van der Waals surface area contributed by atoms with Gasteiger partial charge in [0, 0.05) is 12.2 Å². The van der Waals surface area contributed by atoms with E-state index in [1.165, 1.54) is 6.33 Å². The summed E-state index contributed by atoms with van der Waals surface area (Å²) in [6, 6.07) is 3.63. The highest BCUT2D eigenvalue weighted by Crippen LogP contribution is 2.30. The van der Waals surface area contributed by atoms with Crippen LogP contribution in [0.3, 0.4) is 0 Å². The minimum Gasteiger partial charge on any atom is -0.362 e. The molecule has 0 amide bonds. The van der Waals surface area contributed by atoms with E-state index < -0.39 is 4.92 Å². The third-order valence-corrected chi connectivity index (χ3v) is 2.59. The third-order valence-electron chi connectivity index (χ3n) is 2.59. The van der Waals surface area contributed by atoms with Gasteiger partial charge in [-0.15, -0.1) is 0 Å². The van der Waals surface area contributed by atoms with Gasteiger partial charge in [0.1, 0.15) is 12.1 Å². The molecule has 2 N–H and O–H groups in total. The minimum atomic E-state index is -0.511. The lowest BCUT2D eigenvalue weighted by Crippen LogP contribution is -2.14. The van der Waals surface area contributed by atoms with Crippen molar-refractivity contribution in [3.8, 4) is 0 Å². The molecule has 0 spiro atoms. The van der Waals surface area contributed by atoms with E-state index >= 15 is 0 Å². The van der Waals surface area contributed by atoms with E-state index in [4.69, 9.17) is 0 Å². The molecule has 21 heavy (non-hydrogen) atoms. The van der Waals surface area contributed by atoms with Gasteiger partial charge in [0.25, 0.3) is 0 Å². The summed E-state index contributed by atoms with van der Waals surface area (Å²) in [6.07, 6.45) is 2.90. The summed E-state index contributed by atoms with van der Waals surface area (Å²) in [5, 5.41) is 17.1. The maximum atomic E-state index is 11.3. The maximum Gasteiger partial charge on any atom is 0.353 e. The molecule has 0 saturated carbocycles. The zero-order valence-electron chi connectivity index (χ0n) is 12.0. The Morgan fingerprint density at radius 3 is 2.57 bits per heavy atom. The van der Waals surface area contributed by atoms with Crippen molar-refractivity contribution in [3.63, 3.8) is 0 Å². The van der Waals surface area contributed by atoms with Gasteiger partial charge in [-0.3, -0.25) is 10.1 Å². The zero-order chi connectivity index (χ0) is 15.4. The van der Waals surface area contributed by atoms with Gasteiger partial charge in [-0.2, -0.15) is 0 Å². The van der Waals surface area contributed by atoms with Gasteiger partial charge in [0.2, 0.25) is 11.6 Å². The van der Waals surface area contributed by atoms with Crippen molar-refractivity contribution in [2.24, 2.45) is 0 Å². The van der Waals surface area contributed by atoms with E-state index in [1.54, 1.807) is 12.3 Å². The molecule has 2 aromatic heterocycles. The molecule has 0 aliphatic carbocycles. The van der Waals surface area contributed by atoms with Crippen molar-refractivity contribution in [1.29, 1.82) is 0 Å². The average molecular weight is 288 g/mol. The van der Waals surface area contributed by atoms with Crippen LogP contribution in [0.1, 0.15) is 19.4 Å². The number of hydrogen-bond donors (Lipinski definition) is 2. The molecule has 2 heterocycles. The summed E-state index contributed by atoms with van der Waals surface area (Å²) in [4.78, 5) is 22.8. The number of pyridine rings is 1. The molecule has 0 atom stereocenters. The average Bonchev–Trinajstić information content (AvgIpc) is 2.37. The molecule has 0 unspecified atom stereocenters. The number of aryl methyl sites for hydroxylation is 1. The molecule has 8 nitrogen and oxygen atoms in total. The van der Waals surface area contributed by atoms with Crippen LogP contribution in [0.5, 0.6) is 0 Å². The van der Waals surface area contributed by atoms with Gasteiger partial charge < -0.3 is 10.6 Å². The van der Waals surface area contributed by atoms with Crippen LogP contribution in [0.15, 0.2) is 24.7 Å². The van der Waals surface area contributed by atoms with Gasteiger partial charge in [0.15, 0.2) is 0 Å². The lowest BCUT2D eigenvalue weighted by molar-refractivity contribution is -0.383. The van der Waals surface area contributed by atoms with E-state index in [1.807, 2.05) is 26.8 Å². The molecule has 0 fully saturated rings. The molecule has 0 saturated heterocycles. The van der Waals surface area contributed by atoms with Crippen LogP contribution < -0.4 is 10.6 Å². The number of nitrogens with one attached hydrogen (secondary N) is 2. The monoisotopic (exact) mass is 288 g/mol. The molecule has 0 aliphatic heterocycles. The number of nitro groups is 1. The first-order chi connectivity index (χ1) is 9.97. The van der Waals surface area contributed by atoms with Crippen LogP contribution >= 0.6 is 0 Å².